The van der Waals surface area contributed by atoms with Crippen LogP contribution in [0.1, 0.15) is 18.1 Å². The summed E-state index contributed by atoms with van der Waals surface area (Å²) in [5, 5.41) is 0. The Labute approximate surface area is 114 Å². The van der Waals surface area contributed by atoms with Crippen LogP contribution in [-0.4, -0.2) is 12.1 Å². The summed E-state index contributed by atoms with van der Waals surface area (Å²) < 4.78 is 5.69. The number of aromatic nitrogens is 1. The Morgan fingerprint density at radius 1 is 1.24 bits per heavy atom. The Morgan fingerprint density at radius 3 is 2.76 bits per heavy atom. The second-order valence-corrected chi connectivity index (χ2v) is 4.10. The van der Waals surface area contributed by atoms with Crippen LogP contribution in [0, 0.1) is 6.07 Å². The number of fused-ring (bicyclic) bond motifs is 3. The van der Waals surface area contributed by atoms with Crippen LogP contribution in [0.5, 0.6) is 0 Å². The molecule has 0 saturated heterocycles. The first-order chi connectivity index (χ1) is 7.77. The monoisotopic (exact) mass is 403 g/mol. The van der Waals surface area contributed by atoms with E-state index in [1.807, 2.05) is 24.4 Å². The molecule has 1 heterocycles. The molecule has 1 aromatic heterocycles. The first-order valence-electron chi connectivity index (χ1n) is 5.29. The van der Waals surface area contributed by atoms with Crippen LogP contribution >= 0.6 is 0 Å². The number of hydrogen-bond donors (Lipinski definition) is 0. The van der Waals surface area contributed by atoms with Crippen LogP contribution in [-0.2, 0) is 30.4 Å². The van der Waals surface area contributed by atoms with Crippen LogP contribution < -0.4 is 0 Å². The minimum atomic E-state index is -0.392. The van der Waals surface area contributed by atoms with Gasteiger partial charge < -0.3 is 9.72 Å². The maximum Gasteiger partial charge on any atom is 0.0758 e. The summed E-state index contributed by atoms with van der Waals surface area (Å²) in [5.74, 6) is 0. The summed E-state index contributed by atoms with van der Waals surface area (Å²) in [7, 11) is 1.74. The molecule has 1 aromatic carbocycles. The molecule has 1 aliphatic rings. The molecule has 17 heavy (non-hydrogen) atoms. The third-order valence-corrected chi connectivity index (χ3v) is 3.34. The fourth-order valence-electron chi connectivity index (χ4n) is 2.38. The minimum Gasteiger partial charge on any atom is -0.379 e. The predicted molar refractivity (Wildman–Crippen MR) is 62.0 cm³/mol. The Bertz CT molecular complexity index is 508. The topological polar surface area (TPSA) is 22.1 Å². The second-order valence-electron chi connectivity index (χ2n) is 4.10. The molecular weight excluding hydrogens is 390 g/mol. The van der Waals surface area contributed by atoms with Gasteiger partial charge in [-0.2, -0.15) is 0 Å². The van der Waals surface area contributed by atoms with Gasteiger partial charge in [-0.1, -0.05) is 11.6 Å². The third-order valence-electron chi connectivity index (χ3n) is 3.34. The molecule has 2 aromatic rings. The quantitative estimate of drug-likeness (QED) is 0.685. The summed E-state index contributed by atoms with van der Waals surface area (Å²) in [6, 6.07) is 13.3. The Morgan fingerprint density at radius 2 is 2.00 bits per heavy atom. The molecule has 0 bridgehead atoms. The van der Waals surface area contributed by atoms with Gasteiger partial charge in [0, 0.05) is 33.4 Å². The molecule has 3 heteroatoms. The van der Waals surface area contributed by atoms with Crippen LogP contribution in [0.2, 0.25) is 0 Å². The van der Waals surface area contributed by atoms with Crippen molar-refractivity contribution in [3.8, 4) is 11.3 Å². The van der Waals surface area contributed by atoms with Crippen molar-refractivity contribution >= 4 is 0 Å². The molecule has 0 spiro atoms. The van der Waals surface area contributed by atoms with Gasteiger partial charge in [-0.05, 0) is 24.2 Å². The van der Waals surface area contributed by atoms with Gasteiger partial charge in [-0.3, -0.25) is 0 Å². The van der Waals surface area contributed by atoms with E-state index in [4.69, 9.17) is 4.74 Å². The van der Waals surface area contributed by atoms with Crippen LogP contribution in [0.3, 0.4) is 0 Å². The van der Waals surface area contributed by atoms with E-state index < -0.39 is 5.60 Å². The van der Waals surface area contributed by atoms with Crippen molar-refractivity contribution in [1.29, 1.82) is 0 Å². The zero-order chi connectivity index (χ0) is 11.2. The van der Waals surface area contributed by atoms with Crippen molar-refractivity contribution in [2.45, 2.75) is 12.5 Å². The SMILES string of the molecule is COC1(C)c2ccc[c-]c2-c2ncccc21.[Ir]. The van der Waals surface area contributed by atoms with E-state index >= 15 is 0 Å². The molecule has 1 radical (unpaired) electrons. The fourth-order valence-corrected chi connectivity index (χ4v) is 2.38. The standard InChI is InChI=1S/C14H12NO.Ir/c1-14(16-2)11-7-4-3-6-10(11)13-12(14)8-5-9-15-13;/h3-5,7-9H,1-2H3;/q-1;. The van der Waals surface area contributed by atoms with Crippen molar-refractivity contribution in [2.24, 2.45) is 0 Å². The number of hydrogen-bond acceptors (Lipinski definition) is 2. The molecule has 0 fully saturated rings. The average Bonchev–Trinajstić information content (AvgIpc) is 2.62. The molecule has 0 N–H and O–H groups in total. The van der Waals surface area contributed by atoms with E-state index in [-0.39, 0.29) is 20.1 Å². The number of ether oxygens (including phenoxy) is 1. The van der Waals surface area contributed by atoms with Crippen molar-refractivity contribution in [1.82, 2.24) is 4.98 Å². The molecule has 1 aliphatic carbocycles. The first kappa shape index (κ1) is 12.4. The van der Waals surface area contributed by atoms with Gasteiger partial charge in [-0.15, -0.1) is 29.8 Å². The van der Waals surface area contributed by atoms with Gasteiger partial charge in [0.05, 0.1) is 5.60 Å². The van der Waals surface area contributed by atoms with E-state index in [1.165, 1.54) is 0 Å². The van der Waals surface area contributed by atoms with Gasteiger partial charge >= 0.3 is 0 Å². The Kier molecular flexibility index (Phi) is 3.17. The molecule has 89 valence electrons. The predicted octanol–water partition coefficient (Wildman–Crippen LogP) is 2.77. The fraction of sp³-hybridized carbons (Fsp3) is 0.214. The number of benzene rings is 1. The number of methoxy groups -OCH3 is 1. The molecule has 3 rings (SSSR count). The van der Waals surface area contributed by atoms with Crippen LogP contribution in [0.4, 0.5) is 0 Å². The maximum atomic E-state index is 5.69. The van der Waals surface area contributed by atoms with Crippen LogP contribution in [0.25, 0.3) is 11.3 Å². The van der Waals surface area contributed by atoms with Crippen molar-refractivity contribution in [3.05, 3.63) is 53.7 Å². The second kappa shape index (κ2) is 4.34. The van der Waals surface area contributed by atoms with Crippen LogP contribution in [0.15, 0.2) is 36.5 Å². The van der Waals surface area contributed by atoms with Crippen molar-refractivity contribution in [2.75, 3.05) is 7.11 Å². The van der Waals surface area contributed by atoms with Gasteiger partial charge in [0.15, 0.2) is 0 Å². The molecule has 0 amide bonds. The number of nitrogens with zero attached hydrogens (tertiary/aromatic N) is 1. The Balaban J connectivity index is 0.00000108. The summed E-state index contributed by atoms with van der Waals surface area (Å²) in [5.41, 5.74) is 3.92. The minimum absolute atomic E-state index is 0. The summed E-state index contributed by atoms with van der Waals surface area (Å²) >= 11 is 0. The molecule has 2 nitrogen and oxygen atoms in total. The van der Waals surface area contributed by atoms with Gasteiger partial charge in [0.2, 0.25) is 0 Å². The van der Waals surface area contributed by atoms with Gasteiger partial charge in [0.1, 0.15) is 0 Å². The van der Waals surface area contributed by atoms with E-state index in [0.29, 0.717) is 0 Å². The van der Waals surface area contributed by atoms with E-state index in [1.54, 1.807) is 7.11 Å². The summed E-state index contributed by atoms with van der Waals surface area (Å²) in [6.45, 7) is 2.08. The molecule has 1 atom stereocenters. The van der Waals surface area contributed by atoms with E-state index in [0.717, 1.165) is 22.4 Å². The molecule has 0 aliphatic heterocycles. The Hall–Kier alpha value is -1.02. The smallest absolute Gasteiger partial charge is 0.0758 e. The van der Waals surface area contributed by atoms with Gasteiger partial charge in [0.25, 0.3) is 0 Å². The molecule has 1 unspecified atom stereocenters. The normalized spacial score (nSPS) is 20.4. The molecule has 0 saturated carbocycles. The zero-order valence-corrected chi connectivity index (χ0v) is 12.0. The first-order valence-corrected chi connectivity index (χ1v) is 5.29. The molecular formula is C14H12IrNO-. The zero-order valence-electron chi connectivity index (χ0n) is 9.65. The summed E-state index contributed by atoms with van der Waals surface area (Å²) in [4.78, 5) is 4.43. The number of pyridine rings is 1. The largest absolute Gasteiger partial charge is 0.379 e. The van der Waals surface area contributed by atoms with Crippen molar-refractivity contribution < 1.29 is 24.8 Å². The average molecular weight is 402 g/mol. The third kappa shape index (κ3) is 1.58. The van der Waals surface area contributed by atoms with E-state index in [9.17, 15) is 0 Å². The summed E-state index contributed by atoms with van der Waals surface area (Å²) in [6.07, 6.45) is 1.81. The maximum absolute atomic E-state index is 5.69. The number of rotatable bonds is 1. The van der Waals surface area contributed by atoms with Gasteiger partial charge in [-0.25, -0.2) is 0 Å². The van der Waals surface area contributed by atoms with E-state index in [2.05, 4.69) is 30.1 Å². The van der Waals surface area contributed by atoms with Crippen molar-refractivity contribution in [3.63, 3.8) is 0 Å².